The Morgan fingerprint density at radius 1 is 1.21 bits per heavy atom. The molecule has 2 unspecified atom stereocenters. The third-order valence-corrected chi connectivity index (χ3v) is 3.94. The van der Waals surface area contributed by atoms with Gasteiger partial charge in [0.15, 0.2) is 0 Å². The molecule has 1 aromatic rings. The van der Waals surface area contributed by atoms with E-state index in [-0.39, 0.29) is 6.10 Å². The molecule has 1 aliphatic carbocycles. The quantitative estimate of drug-likeness (QED) is 0.817. The second-order valence-corrected chi connectivity index (χ2v) is 5.21. The second kappa shape index (κ2) is 3.67. The maximum atomic E-state index is 9.67. The summed E-state index contributed by atoms with van der Waals surface area (Å²) in [5, 5.41) is 9.67. The van der Waals surface area contributed by atoms with Gasteiger partial charge in [-0.3, -0.25) is 0 Å². The Labute approximate surface area is 93.3 Å². The molecule has 2 atom stereocenters. The first-order valence-corrected chi connectivity index (χ1v) is 5.84. The Balaban J connectivity index is 2.24. The topological polar surface area (TPSA) is 20.2 Å². The van der Waals surface area contributed by atoms with E-state index in [1.165, 1.54) is 5.56 Å². The lowest BCUT2D eigenvalue weighted by Gasteiger charge is -2.46. The van der Waals surface area contributed by atoms with Gasteiger partial charge in [0.1, 0.15) is 0 Å². The first-order chi connectivity index (χ1) is 6.61. The predicted octanol–water partition coefficient (Wildman–Crippen LogP) is 3.18. The van der Waals surface area contributed by atoms with Crippen LogP contribution in [0.2, 0.25) is 0 Å². The molecule has 1 saturated carbocycles. The number of rotatable bonds is 1. The molecule has 1 nitrogen and oxygen atoms in total. The van der Waals surface area contributed by atoms with Gasteiger partial charge in [0.25, 0.3) is 0 Å². The molecule has 14 heavy (non-hydrogen) atoms. The summed E-state index contributed by atoms with van der Waals surface area (Å²) in [6, 6.07) is 8.40. The van der Waals surface area contributed by atoms with Crippen molar-refractivity contribution < 1.29 is 5.11 Å². The molecular formula is C12H15BrO. The summed E-state index contributed by atoms with van der Waals surface area (Å²) in [5.74, 6) is 1.29. The zero-order chi connectivity index (χ0) is 10.3. The van der Waals surface area contributed by atoms with Crippen LogP contribution < -0.4 is 0 Å². The third-order valence-electron chi connectivity index (χ3n) is 3.44. The molecule has 1 aliphatic rings. The molecule has 2 rings (SSSR count). The fourth-order valence-electron chi connectivity index (χ4n) is 2.56. The maximum absolute atomic E-state index is 9.67. The molecule has 1 N–H and O–H groups in total. The van der Waals surface area contributed by atoms with Crippen LogP contribution in [-0.2, 0) is 0 Å². The molecule has 0 aromatic heterocycles. The van der Waals surface area contributed by atoms with E-state index in [9.17, 15) is 5.11 Å². The van der Waals surface area contributed by atoms with Crippen molar-refractivity contribution >= 4 is 15.9 Å². The highest BCUT2D eigenvalue weighted by Gasteiger charge is 2.44. The summed E-state index contributed by atoms with van der Waals surface area (Å²) in [6.45, 7) is 4.24. The van der Waals surface area contributed by atoms with Crippen molar-refractivity contribution in [3.05, 3.63) is 34.3 Å². The van der Waals surface area contributed by atoms with Crippen molar-refractivity contribution in [3.8, 4) is 0 Å². The summed E-state index contributed by atoms with van der Waals surface area (Å²) in [4.78, 5) is 0. The Bertz CT molecular complexity index is 327. The molecule has 76 valence electrons. The van der Waals surface area contributed by atoms with E-state index in [0.29, 0.717) is 17.8 Å². The largest absolute Gasteiger partial charge is 0.393 e. The summed E-state index contributed by atoms with van der Waals surface area (Å²) in [5.41, 5.74) is 1.34. The Morgan fingerprint density at radius 3 is 2.43 bits per heavy atom. The van der Waals surface area contributed by atoms with Gasteiger partial charge in [0, 0.05) is 4.47 Å². The van der Waals surface area contributed by atoms with Crippen LogP contribution >= 0.6 is 15.9 Å². The lowest BCUT2D eigenvalue weighted by molar-refractivity contribution is -0.0474. The monoisotopic (exact) mass is 254 g/mol. The van der Waals surface area contributed by atoms with Gasteiger partial charge in [-0.2, -0.15) is 0 Å². The molecule has 0 amide bonds. The van der Waals surface area contributed by atoms with Crippen molar-refractivity contribution in [1.29, 1.82) is 0 Å². The first kappa shape index (κ1) is 10.2. The molecule has 0 spiro atoms. The van der Waals surface area contributed by atoms with Gasteiger partial charge in [0.2, 0.25) is 0 Å². The molecule has 0 heterocycles. The average molecular weight is 255 g/mol. The van der Waals surface area contributed by atoms with Crippen molar-refractivity contribution in [3.63, 3.8) is 0 Å². The van der Waals surface area contributed by atoms with E-state index < -0.39 is 0 Å². The van der Waals surface area contributed by atoms with Gasteiger partial charge in [-0.25, -0.2) is 0 Å². The highest BCUT2D eigenvalue weighted by molar-refractivity contribution is 9.10. The summed E-state index contributed by atoms with van der Waals surface area (Å²) in [7, 11) is 0. The molecular weight excluding hydrogens is 240 g/mol. The number of aliphatic hydroxyl groups excluding tert-OH is 1. The molecule has 0 aliphatic heterocycles. The SMILES string of the molecule is CC1C(O)C(C)C1c1cccc(Br)c1. The standard InChI is InChI=1S/C12H15BrO/c1-7-11(8(2)12(7)14)9-4-3-5-10(13)6-9/h3-8,11-12,14H,1-2H3. The number of aliphatic hydroxyl groups is 1. The van der Waals surface area contributed by atoms with Crippen molar-refractivity contribution in [2.45, 2.75) is 25.9 Å². The number of hydrogen-bond donors (Lipinski definition) is 1. The summed E-state index contributed by atoms with van der Waals surface area (Å²) in [6.07, 6.45) is -0.126. The van der Waals surface area contributed by atoms with E-state index in [4.69, 9.17) is 0 Å². The number of hydrogen-bond acceptors (Lipinski definition) is 1. The van der Waals surface area contributed by atoms with Gasteiger partial charge in [0.05, 0.1) is 6.10 Å². The van der Waals surface area contributed by atoms with Crippen LogP contribution in [0.1, 0.15) is 25.3 Å². The van der Waals surface area contributed by atoms with Crippen LogP contribution in [0.5, 0.6) is 0 Å². The van der Waals surface area contributed by atoms with Crippen molar-refractivity contribution in [1.82, 2.24) is 0 Å². The summed E-state index contributed by atoms with van der Waals surface area (Å²) < 4.78 is 1.12. The lowest BCUT2D eigenvalue weighted by atomic mass is 9.61. The second-order valence-electron chi connectivity index (χ2n) is 4.29. The van der Waals surface area contributed by atoms with Crippen LogP contribution in [0.25, 0.3) is 0 Å². The van der Waals surface area contributed by atoms with E-state index in [1.807, 2.05) is 6.07 Å². The molecule has 1 fully saturated rings. The fraction of sp³-hybridized carbons (Fsp3) is 0.500. The Morgan fingerprint density at radius 2 is 1.86 bits per heavy atom. The van der Waals surface area contributed by atoms with Gasteiger partial charge in [-0.15, -0.1) is 0 Å². The Hall–Kier alpha value is -0.340. The smallest absolute Gasteiger partial charge is 0.0603 e. The van der Waals surface area contributed by atoms with E-state index in [2.05, 4.69) is 48.0 Å². The van der Waals surface area contributed by atoms with Crippen LogP contribution in [0.4, 0.5) is 0 Å². The highest BCUT2D eigenvalue weighted by atomic mass is 79.9. The molecule has 0 bridgehead atoms. The summed E-state index contributed by atoms with van der Waals surface area (Å²) >= 11 is 3.48. The first-order valence-electron chi connectivity index (χ1n) is 5.05. The molecule has 0 radical (unpaired) electrons. The van der Waals surface area contributed by atoms with Gasteiger partial charge < -0.3 is 5.11 Å². The Kier molecular flexibility index (Phi) is 2.67. The van der Waals surface area contributed by atoms with Gasteiger partial charge in [-0.05, 0) is 35.4 Å². The van der Waals surface area contributed by atoms with Crippen LogP contribution in [0.3, 0.4) is 0 Å². The lowest BCUT2D eigenvalue weighted by Crippen LogP contribution is -2.46. The average Bonchev–Trinajstić information content (AvgIpc) is 2.18. The minimum absolute atomic E-state index is 0.126. The zero-order valence-electron chi connectivity index (χ0n) is 8.44. The van der Waals surface area contributed by atoms with Crippen LogP contribution in [0.15, 0.2) is 28.7 Å². The normalized spacial score (nSPS) is 36.6. The highest BCUT2D eigenvalue weighted by Crippen LogP contribution is 2.47. The van der Waals surface area contributed by atoms with E-state index in [0.717, 1.165) is 4.47 Å². The third kappa shape index (κ3) is 1.51. The van der Waals surface area contributed by atoms with Crippen molar-refractivity contribution in [2.75, 3.05) is 0 Å². The van der Waals surface area contributed by atoms with Crippen LogP contribution in [-0.4, -0.2) is 11.2 Å². The fourth-order valence-corrected chi connectivity index (χ4v) is 2.98. The number of halogens is 1. The zero-order valence-corrected chi connectivity index (χ0v) is 10.0. The molecule has 1 aromatic carbocycles. The number of benzene rings is 1. The molecule has 2 heteroatoms. The van der Waals surface area contributed by atoms with Crippen LogP contribution in [0, 0.1) is 11.8 Å². The van der Waals surface area contributed by atoms with E-state index in [1.54, 1.807) is 0 Å². The van der Waals surface area contributed by atoms with E-state index >= 15 is 0 Å². The van der Waals surface area contributed by atoms with Crippen molar-refractivity contribution in [2.24, 2.45) is 11.8 Å². The minimum Gasteiger partial charge on any atom is -0.393 e. The predicted molar refractivity (Wildman–Crippen MR) is 61.2 cm³/mol. The molecule has 0 saturated heterocycles. The maximum Gasteiger partial charge on any atom is 0.0603 e. The minimum atomic E-state index is -0.126. The van der Waals surface area contributed by atoms with Gasteiger partial charge >= 0.3 is 0 Å². The van der Waals surface area contributed by atoms with Gasteiger partial charge in [-0.1, -0.05) is 41.9 Å².